The number of rotatable bonds is 10. The Bertz CT molecular complexity index is 1130. The van der Waals surface area contributed by atoms with E-state index < -0.39 is 29.1 Å². The smallest absolute Gasteiger partial charge is 0.419 e. The molecule has 38 heavy (non-hydrogen) atoms. The van der Waals surface area contributed by atoms with E-state index in [1.54, 1.807) is 45.2 Å². The lowest BCUT2D eigenvalue weighted by atomic mass is 9.75. The van der Waals surface area contributed by atoms with Gasteiger partial charge < -0.3 is 20.9 Å². The van der Waals surface area contributed by atoms with Crippen molar-refractivity contribution < 1.29 is 23.9 Å². The highest BCUT2D eigenvalue weighted by Crippen LogP contribution is 2.35. The fourth-order valence-electron chi connectivity index (χ4n) is 4.50. The number of ether oxygens (including phenoxy) is 2. The summed E-state index contributed by atoms with van der Waals surface area (Å²) in [4.78, 5) is 43.9. The number of benzene rings is 1. The molecule has 1 aromatic heterocycles. The van der Waals surface area contributed by atoms with Crippen LogP contribution in [0.15, 0.2) is 30.7 Å². The molecule has 3 unspecified atom stereocenters. The molecule has 3 atom stereocenters. The lowest BCUT2D eigenvalue weighted by Gasteiger charge is -2.29. The molecule has 2 rings (SSSR count). The van der Waals surface area contributed by atoms with Crippen LogP contribution >= 0.6 is 0 Å². The van der Waals surface area contributed by atoms with Gasteiger partial charge in [0.05, 0.1) is 5.69 Å². The maximum Gasteiger partial charge on any atom is 0.419 e. The highest BCUT2D eigenvalue weighted by molar-refractivity contribution is 5.90. The second-order valence-corrected chi connectivity index (χ2v) is 11.8. The minimum Gasteiger partial charge on any atom is -0.460 e. The Hall–Kier alpha value is -3.36. The van der Waals surface area contributed by atoms with E-state index in [1.807, 2.05) is 34.6 Å². The van der Waals surface area contributed by atoms with E-state index in [4.69, 9.17) is 20.9 Å². The monoisotopic (exact) mass is 528 g/mol. The number of ketones is 1. The molecule has 0 fully saturated rings. The summed E-state index contributed by atoms with van der Waals surface area (Å²) in [5.74, 6) is -1.80. The number of Topliss-reactive ketones (excluding diaryl/α,β-unsaturated/α-hetero) is 1. The summed E-state index contributed by atoms with van der Waals surface area (Å²) in [5, 5.41) is 0. The molecule has 9 nitrogen and oxygen atoms in total. The van der Waals surface area contributed by atoms with Gasteiger partial charge in [0.15, 0.2) is 0 Å². The second kappa shape index (κ2) is 12.5. The van der Waals surface area contributed by atoms with Crippen LogP contribution in [0.1, 0.15) is 91.8 Å². The summed E-state index contributed by atoms with van der Waals surface area (Å²) in [6.07, 6.45) is 3.81. The summed E-state index contributed by atoms with van der Waals surface area (Å²) in [5.41, 5.74) is 13.2. The van der Waals surface area contributed by atoms with Crippen molar-refractivity contribution in [2.24, 2.45) is 11.8 Å². The number of nitrogen functional groups attached to an aromatic ring is 2. The van der Waals surface area contributed by atoms with Gasteiger partial charge in [0.25, 0.3) is 0 Å². The van der Waals surface area contributed by atoms with Crippen molar-refractivity contribution in [3.05, 3.63) is 42.0 Å². The molecule has 0 aliphatic carbocycles. The number of aromatic nitrogens is 2. The van der Waals surface area contributed by atoms with Crippen LogP contribution < -0.4 is 11.5 Å². The topological polar surface area (TPSA) is 140 Å². The average molecular weight is 529 g/mol. The van der Waals surface area contributed by atoms with E-state index in [9.17, 15) is 14.4 Å². The third kappa shape index (κ3) is 8.89. The number of nitrogens with zero attached hydrogens (tertiary/aromatic N) is 2. The van der Waals surface area contributed by atoms with Crippen LogP contribution in [-0.2, 0) is 25.5 Å². The predicted octanol–water partition coefficient (Wildman–Crippen LogP) is 5.51. The molecule has 0 radical (unpaired) electrons. The molecule has 1 heterocycles. The number of hydrogen-bond donors (Lipinski definition) is 2. The molecule has 9 heteroatoms. The lowest BCUT2D eigenvalue weighted by Crippen LogP contribution is -2.33. The van der Waals surface area contributed by atoms with Crippen molar-refractivity contribution in [1.29, 1.82) is 0 Å². The minimum atomic E-state index is -0.660. The first-order valence-electron chi connectivity index (χ1n) is 13.2. The molecule has 210 valence electrons. The number of carbonyl (C=O) groups is 3. The first-order valence-corrected chi connectivity index (χ1v) is 13.2. The van der Waals surface area contributed by atoms with Crippen LogP contribution in [0.25, 0.3) is 0 Å². The van der Waals surface area contributed by atoms with E-state index in [2.05, 4.69) is 4.98 Å². The van der Waals surface area contributed by atoms with Crippen LogP contribution in [0.4, 0.5) is 16.2 Å². The fourth-order valence-corrected chi connectivity index (χ4v) is 4.50. The first kappa shape index (κ1) is 30.9. The zero-order valence-corrected chi connectivity index (χ0v) is 24.0. The van der Waals surface area contributed by atoms with Crippen LogP contribution in [0.5, 0.6) is 0 Å². The Labute approximate surface area is 226 Å². The number of carbonyl (C=O) groups excluding carboxylic acids is 3. The van der Waals surface area contributed by atoms with Gasteiger partial charge in [-0.2, -0.15) is 0 Å². The largest absolute Gasteiger partial charge is 0.460 e. The van der Waals surface area contributed by atoms with E-state index in [0.717, 1.165) is 0 Å². The average Bonchev–Trinajstić information content (AvgIpc) is 3.25. The van der Waals surface area contributed by atoms with E-state index >= 15 is 0 Å². The molecule has 0 aliphatic heterocycles. The molecule has 0 amide bonds. The first-order chi connectivity index (χ1) is 17.5. The van der Waals surface area contributed by atoms with Gasteiger partial charge in [0, 0.05) is 42.2 Å². The summed E-state index contributed by atoms with van der Waals surface area (Å²) < 4.78 is 12.3. The zero-order valence-electron chi connectivity index (χ0n) is 24.0. The highest BCUT2D eigenvalue weighted by atomic mass is 16.6. The Morgan fingerprint density at radius 1 is 0.974 bits per heavy atom. The van der Waals surface area contributed by atoms with Gasteiger partial charge in [-0.15, -0.1) is 0 Å². The standard InChI is InChI=1S/C29H44N4O5/c1-9-18(13-25(34)37-28(3,4)5)22(15-20-16-33(17-32-20)27(36)38-29(6,7)8)26(35)21(10-2)23-14-19(30)11-12-24(23)31/h11-12,14,16-18,21-22H,9-10,13,15,30-31H2,1-8H3. The van der Waals surface area contributed by atoms with E-state index in [0.29, 0.717) is 35.5 Å². The summed E-state index contributed by atoms with van der Waals surface area (Å²) in [6, 6.07) is 5.15. The van der Waals surface area contributed by atoms with Crippen molar-refractivity contribution >= 4 is 29.2 Å². The van der Waals surface area contributed by atoms with Gasteiger partial charge in [-0.1, -0.05) is 20.3 Å². The van der Waals surface area contributed by atoms with Crippen molar-refractivity contribution in [3.63, 3.8) is 0 Å². The number of nitrogens with two attached hydrogens (primary N) is 2. The van der Waals surface area contributed by atoms with Gasteiger partial charge in [0.1, 0.15) is 23.3 Å². The number of hydrogen-bond acceptors (Lipinski definition) is 8. The molecule has 0 saturated carbocycles. The molecule has 2 aromatic rings. The van der Waals surface area contributed by atoms with Gasteiger partial charge >= 0.3 is 12.1 Å². The molecule has 0 spiro atoms. The SMILES string of the molecule is CCC(C(=O)C(Cc1cn(C(=O)OC(C)(C)C)cn1)C(CC)CC(=O)OC(C)(C)C)c1cc(N)ccc1N. The highest BCUT2D eigenvalue weighted by Gasteiger charge is 2.36. The van der Waals surface area contributed by atoms with E-state index in [1.165, 1.54) is 10.9 Å². The molecule has 1 aromatic carbocycles. The Morgan fingerprint density at radius 3 is 2.16 bits per heavy atom. The maximum absolute atomic E-state index is 14.2. The molecule has 0 saturated heterocycles. The van der Waals surface area contributed by atoms with E-state index in [-0.39, 0.29) is 30.5 Å². The molecule has 0 bridgehead atoms. The number of esters is 1. The Balaban J connectivity index is 2.44. The summed E-state index contributed by atoms with van der Waals surface area (Å²) in [7, 11) is 0. The van der Waals surface area contributed by atoms with Gasteiger partial charge in [-0.05, 0) is 77.6 Å². The van der Waals surface area contributed by atoms with Crippen molar-refractivity contribution in [3.8, 4) is 0 Å². The number of imidazole rings is 1. The quantitative estimate of drug-likeness (QED) is 0.304. The fraction of sp³-hybridized carbons (Fsp3) is 0.586. The van der Waals surface area contributed by atoms with Crippen LogP contribution in [0.3, 0.4) is 0 Å². The third-order valence-electron chi connectivity index (χ3n) is 6.22. The normalized spacial score (nSPS) is 14.4. The van der Waals surface area contributed by atoms with Crippen molar-refractivity contribution in [2.45, 2.75) is 98.2 Å². The van der Waals surface area contributed by atoms with Crippen molar-refractivity contribution in [2.75, 3.05) is 11.5 Å². The second-order valence-electron chi connectivity index (χ2n) is 11.8. The zero-order chi connectivity index (χ0) is 28.8. The molecular weight excluding hydrogens is 484 g/mol. The summed E-state index contributed by atoms with van der Waals surface area (Å²) in [6.45, 7) is 14.7. The Morgan fingerprint density at radius 2 is 1.61 bits per heavy atom. The molecule has 4 N–H and O–H groups in total. The van der Waals surface area contributed by atoms with Crippen LogP contribution in [0.2, 0.25) is 0 Å². The number of anilines is 2. The molecular formula is C29H44N4O5. The van der Waals surface area contributed by atoms with Gasteiger partial charge in [-0.25, -0.2) is 14.3 Å². The Kier molecular flexibility index (Phi) is 10.1. The van der Waals surface area contributed by atoms with Crippen molar-refractivity contribution in [1.82, 2.24) is 9.55 Å². The third-order valence-corrected chi connectivity index (χ3v) is 6.22. The predicted molar refractivity (Wildman–Crippen MR) is 149 cm³/mol. The minimum absolute atomic E-state index is 0.0490. The van der Waals surface area contributed by atoms with Gasteiger partial charge in [0.2, 0.25) is 0 Å². The van der Waals surface area contributed by atoms with Gasteiger partial charge in [-0.3, -0.25) is 9.59 Å². The lowest BCUT2D eigenvalue weighted by molar-refractivity contribution is -0.156. The maximum atomic E-state index is 14.2. The summed E-state index contributed by atoms with van der Waals surface area (Å²) >= 11 is 0. The molecule has 0 aliphatic rings. The van der Waals surface area contributed by atoms with Crippen LogP contribution in [-0.4, -0.2) is 38.6 Å². The van der Waals surface area contributed by atoms with Crippen LogP contribution in [0, 0.1) is 11.8 Å².